The predicted molar refractivity (Wildman–Crippen MR) is 74.5 cm³/mol. The highest BCUT2D eigenvalue weighted by Gasteiger charge is 2.15. The van der Waals surface area contributed by atoms with Crippen LogP contribution in [-0.2, 0) is 4.79 Å². The molecule has 1 aromatic rings. The van der Waals surface area contributed by atoms with Gasteiger partial charge in [0.05, 0.1) is 18.7 Å². The van der Waals surface area contributed by atoms with E-state index in [-0.39, 0.29) is 18.7 Å². The van der Waals surface area contributed by atoms with E-state index in [4.69, 9.17) is 9.84 Å². The number of ketones is 1. The number of aliphatic carboxylic acids is 1. The number of likely N-dealkylation sites (N-methyl/N-ethyl adjacent to an activating group) is 1. The fourth-order valence-electron chi connectivity index (χ4n) is 2.02. The summed E-state index contributed by atoms with van der Waals surface area (Å²) in [6.45, 7) is 1.90. The van der Waals surface area contributed by atoms with Crippen LogP contribution in [0, 0.1) is 0 Å². The molecule has 1 heterocycles. The number of anilines is 1. The molecule has 1 aliphatic heterocycles. The van der Waals surface area contributed by atoms with Gasteiger partial charge in [0, 0.05) is 18.7 Å². The Morgan fingerprint density at radius 3 is 3.00 bits per heavy atom. The Labute approximate surface area is 117 Å². The van der Waals surface area contributed by atoms with Crippen LogP contribution >= 0.6 is 0 Å². The third kappa shape index (κ3) is 3.71. The largest absolute Gasteiger partial charge is 0.490 e. The summed E-state index contributed by atoms with van der Waals surface area (Å²) in [5.74, 6) is -0.139. The molecule has 2 rings (SSSR count). The van der Waals surface area contributed by atoms with Crippen LogP contribution in [0.3, 0.4) is 0 Å². The lowest BCUT2D eigenvalue weighted by atomic mass is 10.1. The van der Waals surface area contributed by atoms with Gasteiger partial charge in [-0.05, 0) is 25.2 Å². The van der Waals surface area contributed by atoms with Crippen LogP contribution in [-0.4, -0.2) is 55.0 Å². The Bertz CT molecular complexity index is 516. The molecule has 6 nitrogen and oxygen atoms in total. The Balaban J connectivity index is 1.97. The van der Waals surface area contributed by atoms with Crippen molar-refractivity contribution in [2.45, 2.75) is 6.42 Å². The number of nitrogens with zero attached hydrogens (tertiary/aromatic N) is 1. The number of hydrogen-bond acceptors (Lipinski definition) is 5. The van der Waals surface area contributed by atoms with Crippen LogP contribution in [0.5, 0.6) is 5.75 Å². The van der Waals surface area contributed by atoms with Gasteiger partial charge < -0.3 is 15.2 Å². The average Bonchev–Trinajstić information content (AvgIpc) is 2.44. The molecule has 0 radical (unpaired) electrons. The van der Waals surface area contributed by atoms with E-state index < -0.39 is 5.97 Å². The van der Waals surface area contributed by atoms with E-state index in [2.05, 4.69) is 5.32 Å². The Morgan fingerprint density at radius 2 is 2.25 bits per heavy atom. The molecular weight excluding hydrogens is 260 g/mol. The first-order valence-electron chi connectivity index (χ1n) is 6.50. The monoisotopic (exact) mass is 278 g/mol. The van der Waals surface area contributed by atoms with Crippen molar-refractivity contribution in [3.8, 4) is 5.75 Å². The third-order valence-electron chi connectivity index (χ3n) is 3.10. The third-order valence-corrected chi connectivity index (χ3v) is 3.10. The van der Waals surface area contributed by atoms with Gasteiger partial charge in [-0.3, -0.25) is 14.5 Å². The van der Waals surface area contributed by atoms with E-state index >= 15 is 0 Å². The summed E-state index contributed by atoms with van der Waals surface area (Å²) in [7, 11) is 1.74. The van der Waals surface area contributed by atoms with Crippen molar-refractivity contribution in [3.05, 3.63) is 23.8 Å². The van der Waals surface area contributed by atoms with Gasteiger partial charge in [-0.15, -0.1) is 0 Å². The van der Waals surface area contributed by atoms with E-state index in [1.165, 1.54) is 0 Å². The lowest BCUT2D eigenvalue weighted by Gasteiger charge is -2.20. The number of ether oxygens (including phenoxy) is 1. The first-order chi connectivity index (χ1) is 9.56. The quantitative estimate of drug-likeness (QED) is 0.758. The normalized spacial score (nSPS) is 13.3. The summed E-state index contributed by atoms with van der Waals surface area (Å²) in [4.78, 5) is 24.3. The van der Waals surface area contributed by atoms with Crippen molar-refractivity contribution in [2.24, 2.45) is 0 Å². The van der Waals surface area contributed by atoms with E-state index in [9.17, 15) is 9.59 Å². The molecule has 0 spiro atoms. The molecule has 0 atom stereocenters. The smallest absolute Gasteiger partial charge is 0.304 e. The summed E-state index contributed by atoms with van der Waals surface area (Å²) in [5.41, 5.74) is 1.43. The zero-order valence-corrected chi connectivity index (χ0v) is 11.4. The van der Waals surface area contributed by atoms with Gasteiger partial charge in [-0.2, -0.15) is 0 Å². The lowest BCUT2D eigenvalue weighted by Crippen LogP contribution is -2.28. The molecule has 1 aromatic carbocycles. The molecule has 0 saturated carbocycles. The van der Waals surface area contributed by atoms with Crippen LogP contribution in [0.1, 0.15) is 16.8 Å². The second-order valence-electron chi connectivity index (χ2n) is 4.79. The molecule has 0 saturated heterocycles. The van der Waals surface area contributed by atoms with Crippen molar-refractivity contribution in [1.82, 2.24) is 4.90 Å². The number of rotatable bonds is 6. The Hall–Kier alpha value is -2.08. The summed E-state index contributed by atoms with van der Waals surface area (Å²) < 4.78 is 5.45. The topological polar surface area (TPSA) is 78.9 Å². The molecule has 0 aliphatic carbocycles. The van der Waals surface area contributed by atoms with E-state index in [0.717, 1.165) is 18.0 Å². The Morgan fingerprint density at radius 1 is 1.45 bits per heavy atom. The molecule has 0 bridgehead atoms. The van der Waals surface area contributed by atoms with E-state index in [0.29, 0.717) is 18.7 Å². The molecule has 0 amide bonds. The van der Waals surface area contributed by atoms with Crippen molar-refractivity contribution in [2.75, 3.05) is 38.6 Å². The maximum atomic E-state index is 12.1. The van der Waals surface area contributed by atoms with E-state index in [1.54, 1.807) is 30.1 Å². The van der Waals surface area contributed by atoms with Crippen LogP contribution in [0.25, 0.3) is 0 Å². The number of benzene rings is 1. The van der Waals surface area contributed by atoms with Crippen molar-refractivity contribution in [1.29, 1.82) is 0 Å². The van der Waals surface area contributed by atoms with Gasteiger partial charge in [0.1, 0.15) is 12.4 Å². The van der Waals surface area contributed by atoms with Gasteiger partial charge in [-0.25, -0.2) is 0 Å². The van der Waals surface area contributed by atoms with Gasteiger partial charge in [-0.1, -0.05) is 0 Å². The van der Waals surface area contributed by atoms with Crippen molar-refractivity contribution < 1.29 is 19.4 Å². The number of carboxylic acid groups (broad SMARTS) is 1. The predicted octanol–water partition coefficient (Wildman–Crippen LogP) is 1.08. The second kappa shape index (κ2) is 6.38. The molecule has 0 unspecified atom stereocenters. The standard InChI is InChI=1S/C14H18N2O4/c1-16(6-4-14(18)19)9-12(17)10-2-3-13-11(8-10)15-5-7-20-13/h2-3,8,15H,4-7,9H2,1H3,(H,18,19). The number of Topliss-reactive ketones (excluding diaryl/α,β-unsaturated/α-hetero) is 1. The molecule has 2 N–H and O–H groups in total. The lowest BCUT2D eigenvalue weighted by molar-refractivity contribution is -0.137. The van der Waals surface area contributed by atoms with Crippen LogP contribution in [0.4, 0.5) is 5.69 Å². The summed E-state index contributed by atoms with van der Waals surface area (Å²) in [5, 5.41) is 11.8. The van der Waals surface area contributed by atoms with Crippen LogP contribution in [0.15, 0.2) is 18.2 Å². The minimum atomic E-state index is -0.862. The molecule has 108 valence electrons. The zero-order chi connectivity index (χ0) is 14.5. The second-order valence-corrected chi connectivity index (χ2v) is 4.79. The van der Waals surface area contributed by atoms with Crippen molar-refractivity contribution >= 4 is 17.4 Å². The highest BCUT2D eigenvalue weighted by Crippen LogP contribution is 2.28. The first-order valence-corrected chi connectivity index (χ1v) is 6.50. The number of fused-ring (bicyclic) bond motifs is 1. The maximum absolute atomic E-state index is 12.1. The first kappa shape index (κ1) is 14.3. The maximum Gasteiger partial charge on any atom is 0.304 e. The van der Waals surface area contributed by atoms with Crippen LogP contribution < -0.4 is 10.1 Å². The van der Waals surface area contributed by atoms with Gasteiger partial charge in [0.25, 0.3) is 0 Å². The number of carboxylic acids is 1. The fourth-order valence-corrected chi connectivity index (χ4v) is 2.02. The molecular formula is C14H18N2O4. The number of nitrogens with one attached hydrogen (secondary N) is 1. The van der Waals surface area contributed by atoms with Gasteiger partial charge >= 0.3 is 5.97 Å². The van der Waals surface area contributed by atoms with Crippen molar-refractivity contribution in [3.63, 3.8) is 0 Å². The highest BCUT2D eigenvalue weighted by atomic mass is 16.5. The minimum absolute atomic E-state index is 0.0311. The minimum Gasteiger partial charge on any atom is -0.490 e. The molecule has 0 fully saturated rings. The SMILES string of the molecule is CN(CCC(=O)O)CC(=O)c1ccc2c(c1)NCCO2. The molecule has 1 aliphatic rings. The molecule has 20 heavy (non-hydrogen) atoms. The number of carbonyl (C=O) groups excluding carboxylic acids is 1. The summed E-state index contributed by atoms with van der Waals surface area (Å²) >= 11 is 0. The molecule has 6 heteroatoms. The summed E-state index contributed by atoms with van der Waals surface area (Å²) in [6.07, 6.45) is 0.0311. The van der Waals surface area contributed by atoms with E-state index in [1.807, 2.05) is 0 Å². The van der Waals surface area contributed by atoms with Crippen LogP contribution in [0.2, 0.25) is 0 Å². The average molecular weight is 278 g/mol. The Kier molecular flexibility index (Phi) is 4.57. The van der Waals surface area contributed by atoms with Gasteiger partial charge in [0.15, 0.2) is 5.78 Å². The number of carbonyl (C=O) groups is 2. The fraction of sp³-hybridized carbons (Fsp3) is 0.429. The number of hydrogen-bond donors (Lipinski definition) is 2. The molecule has 0 aromatic heterocycles. The van der Waals surface area contributed by atoms with Gasteiger partial charge in [0.2, 0.25) is 0 Å². The highest BCUT2D eigenvalue weighted by molar-refractivity contribution is 5.98. The summed E-state index contributed by atoms with van der Waals surface area (Å²) in [6, 6.07) is 5.30. The zero-order valence-electron chi connectivity index (χ0n) is 11.4.